The Hall–Kier alpha value is -0.100. The number of carbonyl (C=O) groups is 1. The summed E-state index contributed by atoms with van der Waals surface area (Å²) in [5.74, 6) is 0.0322. The molecule has 0 aromatic rings. The van der Waals surface area contributed by atoms with Crippen molar-refractivity contribution in [3.05, 3.63) is 0 Å². The van der Waals surface area contributed by atoms with Gasteiger partial charge in [-0.1, -0.05) is 22.4 Å². The first kappa shape index (κ1) is 14.0. The van der Waals surface area contributed by atoms with Crippen molar-refractivity contribution in [2.75, 3.05) is 12.8 Å². The van der Waals surface area contributed by atoms with E-state index in [4.69, 9.17) is 0 Å². The monoisotopic (exact) mass is 311 g/mol. The Morgan fingerprint density at radius 3 is 2.56 bits per heavy atom. The number of nitrogens with one attached hydrogen (secondary N) is 1. The van der Waals surface area contributed by atoms with E-state index in [2.05, 4.69) is 21.2 Å². The molecule has 0 radical (unpaired) electrons. The lowest BCUT2D eigenvalue weighted by Crippen LogP contribution is -2.40. The van der Waals surface area contributed by atoms with E-state index in [1.807, 2.05) is 0 Å². The second kappa shape index (κ2) is 5.49. The van der Waals surface area contributed by atoms with Gasteiger partial charge in [0, 0.05) is 17.6 Å². The van der Waals surface area contributed by atoms with Crippen LogP contribution < -0.4 is 5.32 Å². The number of hydrogen-bond acceptors (Lipinski definition) is 3. The van der Waals surface area contributed by atoms with Crippen molar-refractivity contribution >= 4 is 31.7 Å². The van der Waals surface area contributed by atoms with Gasteiger partial charge in [-0.05, 0) is 25.7 Å². The van der Waals surface area contributed by atoms with Crippen molar-refractivity contribution in [2.24, 2.45) is 5.92 Å². The topological polar surface area (TPSA) is 63.2 Å². The predicted molar refractivity (Wildman–Crippen MR) is 67.4 cm³/mol. The average Bonchev–Trinajstić information content (AvgIpc) is 2.58. The Balaban J connectivity index is 2.41. The van der Waals surface area contributed by atoms with Gasteiger partial charge in [-0.15, -0.1) is 0 Å². The summed E-state index contributed by atoms with van der Waals surface area (Å²) in [6, 6.07) is 0. The second-order valence-corrected chi connectivity index (χ2v) is 7.97. The van der Waals surface area contributed by atoms with Crippen LogP contribution in [0, 0.1) is 5.92 Å². The zero-order valence-corrected chi connectivity index (χ0v) is 12.0. The maximum atomic E-state index is 11.5. The van der Waals surface area contributed by atoms with Gasteiger partial charge in [0.05, 0.1) is 0 Å². The molecule has 3 unspecified atom stereocenters. The summed E-state index contributed by atoms with van der Waals surface area (Å²) >= 11 is 3.56. The summed E-state index contributed by atoms with van der Waals surface area (Å²) in [5, 5.41) is 1.76. The molecule has 3 atom stereocenters. The zero-order valence-electron chi connectivity index (χ0n) is 9.57. The number of carbonyl (C=O) groups excluding carboxylic acids is 1. The Kier molecular flexibility index (Phi) is 4.79. The van der Waals surface area contributed by atoms with Crippen LogP contribution >= 0.6 is 15.9 Å². The number of hydrogen-bond donors (Lipinski definition) is 1. The minimum Gasteiger partial charge on any atom is -0.355 e. The van der Waals surface area contributed by atoms with E-state index >= 15 is 0 Å². The van der Waals surface area contributed by atoms with Crippen molar-refractivity contribution < 1.29 is 13.2 Å². The summed E-state index contributed by atoms with van der Waals surface area (Å²) in [6.45, 7) is 1.99. The van der Waals surface area contributed by atoms with Gasteiger partial charge in [0.2, 0.25) is 5.91 Å². The van der Waals surface area contributed by atoms with Crippen LogP contribution in [0.3, 0.4) is 0 Å². The van der Waals surface area contributed by atoms with E-state index in [-0.39, 0.29) is 0 Å². The highest BCUT2D eigenvalue weighted by molar-refractivity contribution is 9.09. The van der Waals surface area contributed by atoms with E-state index in [0.717, 1.165) is 25.5 Å². The molecule has 1 rings (SSSR count). The fraction of sp³-hybridized carbons (Fsp3) is 0.900. The van der Waals surface area contributed by atoms with E-state index in [0.29, 0.717) is 17.3 Å². The molecule has 1 fully saturated rings. The third-order valence-corrected chi connectivity index (χ3v) is 5.82. The van der Waals surface area contributed by atoms with Crippen molar-refractivity contribution in [1.82, 2.24) is 5.32 Å². The molecule has 1 aliphatic rings. The molecule has 0 spiro atoms. The van der Waals surface area contributed by atoms with E-state index < -0.39 is 21.0 Å². The molecule has 1 amide bonds. The third-order valence-electron chi connectivity index (χ3n) is 3.12. The molecule has 1 aliphatic carbocycles. The van der Waals surface area contributed by atoms with E-state index in [9.17, 15) is 13.2 Å². The molecule has 16 heavy (non-hydrogen) atoms. The van der Waals surface area contributed by atoms with Crippen LogP contribution in [-0.4, -0.2) is 37.2 Å². The number of sulfone groups is 1. The number of halogens is 1. The van der Waals surface area contributed by atoms with Gasteiger partial charge in [0.15, 0.2) is 9.84 Å². The fourth-order valence-electron chi connectivity index (χ4n) is 1.79. The summed E-state index contributed by atoms with van der Waals surface area (Å²) < 4.78 is 22.3. The van der Waals surface area contributed by atoms with Crippen molar-refractivity contribution in [3.63, 3.8) is 0 Å². The lowest BCUT2D eigenvalue weighted by atomic mass is 10.1. The van der Waals surface area contributed by atoms with Gasteiger partial charge >= 0.3 is 0 Å². The molecule has 0 heterocycles. The van der Waals surface area contributed by atoms with Crippen molar-refractivity contribution in [1.29, 1.82) is 0 Å². The van der Waals surface area contributed by atoms with Gasteiger partial charge in [-0.2, -0.15) is 0 Å². The molecule has 1 saturated carbocycles. The predicted octanol–water partition coefficient (Wildman–Crippen LogP) is 1.10. The quantitative estimate of drug-likeness (QED) is 0.791. The van der Waals surface area contributed by atoms with E-state index in [1.165, 1.54) is 6.92 Å². The van der Waals surface area contributed by atoms with Crippen LogP contribution in [0.25, 0.3) is 0 Å². The maximum absolute atomic E-state index is 11.5. The highest BCUT2D eigenvalue weighted by Gasteiger charge is 2.28. The largest absolute Gasteiger partial charge is 0.355 e. The molecule has 1 N–H and O–H groups in total. The number of rotatable bonds is 4. The average molecular weight is 312 g/mol. The molecule has 0 aliphatic heterocycles. The molecular formula is C10H18BrNO3S. The first-order valence-corrected chi connectivity index (χ1v) is 8.30. The van der Waals surface area contributed by atoms with Gasteiger partial charge < -0.3 is 5.32 Å². The van der Waals surface area contributed by atoms with Gasteiger partial charge in [-0.3, -0.25) is 4.79 Å². The molecule has 94 valence electrons. The van der Waals surface area contributed by atoms with Crippen LogP contribution in [0.15, 0.2) is 0 Å². The Labute approximate surface area is 105 Å². The smallest absolute Gasteiger partial charge is 0.238 e. The number of alkyl halides is 1. The Bertz CT molecular complexity index is 355. The van der Waals surface area contributed by atoms with Crippen LogP contribution in [0.1, 0.15) is 26.2 Å². The zero-order chi connectivity index (χ0) is 12.3. The first-order valence-electron chi connectivity index (χ1n) is 5.43. The van der Waals surface area contributed by atoms with E-state index in [1.54, 1.807) is 0 Å². The summed E-state index contributed by atoms with van der Waals surface area (Å²) in [6.07, 6.45) is 4.46. The van der Waals surface area contributed by atoms with Crippen molar-refractivity contribution in [2.45, 2.75) is 36.3 Å². The number of amides is 1. The third kappa shape index (κ3) is 3.73. The Morgan fingerprint density at radius 2 is 2.12 bits per heavy atom. The Morgan fingerprint density at radius 1 is 1.50 bits per heavy atom. The summed E-state index contributed by atoms with van der Waals surface area (Å²) in [5.41, 5.74) is 0. The highest BCUT2D eigenvalue weighted by Crippen LogP contribution is 2.30. The standard InChI is InChI=1S/C10H18BrNO3S/c1-7(16(2,14)15)10(13)12-6-8-4-3-5-9(8)11/h7-9H,3-6H2,1-2H3,(H,12,13). The molecule has 4 nitrogen and oxygen atoms in total. The van der Waals surface area contributed by atoms with Crippen LogP contribution in [0.2, 0.25) is 0 Å². The SMILES string of the molecule is CC(C(=O)NCC1CCCC1Br)S(C)(=O)=O. The van der Waals surface area contributed by atoms with Crippen molar-refractivity contribution in [3.8, 4) is 0 Å². The minimum atomic E-state index is -3.29. The first-order chi connectivity index (χ1) is 7.32. The lowest BCUT2D eigenvalue weighted by molar-refractivity contribution is -0.120. The molecule has 0 aromatic heterocycles. The fourth-order valence-corrected chi connectivity index (χ4v) is 3.04. The molecular weight excluding hydrogens is 294 g/mol. The summed E-state index contributed by atoms with van der Waals surface area (Å²) in [4.78, 5) is 12.0. The minimum absolute atomic E-state index is 0.394. The van der Waals surface area contributed by atoms with Gasteiger partial charge in [0.1, 0.15) is 5.25 Å². The highest BCUT2D eigenvalue weighted by atomic mass is 79.9. The molecule has 6 heteroatoms. The molecule has 0 aromatic carbocycles. The van der Waals surface area contributed by atoms with Gasteiger partial charge in [-0.25, -0.2) is 8.42 Å². The lowest BCUT2D eigenvalue weighted by Gasteiger charge is -2.16. The second-order valence-electron chi connectivity index (χ2n) is 4.42. The van der Waals surface area contributed by atoms with Crippen LogP contribution in [0.5, 0.6) is 0 Å². The van der Waals surface area contributed by atoms with Crippen LogP contribution in [-0.2, 0) is 14.6 Å². The molecule has 0 saturated heterocycles. The molecule has 0 bridgehead atoms. The maximum Gasteiger partial charge on any atom is 0.238 e. The normalized spacial score (nSPS) is 27.7. The van der Waals surface area contributed by atoms with Crippen LogP contribution in [0.4, 0.5) is 0 Å². The van der Waals surface area contributed by atoms with Gasteiger partial charge in [0.25, 0.3) is 0 Å². The summed E-state index contributed by atoms with van der Waals surface area (Å²) in [7, 11) is -3.29.